The van der Waals surface area contributed by atoms with Gasteiger partial charge in [-0.1, -0.05) is 12.1 Å². The van der Waals surface area contributed by atoms with Crippen LogP contribution in [0.15, 0.2) is 41.1 Å². The van der Waals surface area contributed by atoms with Crippen molar-refractivity contribution in [2.45, 2.75) is 31.7 Å². The number of thiophene rings is 1. The van der Waals surface area contributed by atoms with Crippen molar-refractivity contribution >= 4 is 11.3 Å². The van der Waals surface area contributed by atoms with E-state index in [1.165, 1.54) is 24.0 Å². The van der Waals surface area contributed by atoms with Crippen molar-refractivity contribution in [3.8, 4) is 5.75 Å². The van der Waals surface area contributed by atoms with Crippen molar-refractivity contribution in [3.63, 3.8) is 0 Å². The Hall–Kier alpha value is -1.32. The van der Waals surface area contributed by atoms with Gasteiger partial charge in [0.2, 0.25) is 0 Å². The van der Waals surface area contributed by atoms with E-state index in [9.17, 15) is 0 Å². The molecule has 0 radical (unpaired) electrons. The molecular weight excluding hydrogens is 266 g/mol. The van der Waals surface area contributed by atoms with Gasteiger partial charge in [-0.2, -0.15) is 11.3 Å². The van der Waals surface area contributed by atoms with E-state index in [0.29, 0.717) is 6.04 Å². The molecule has 20 heavy (non-hydrogen) atoms. The molecule has 108 valence electrons. The summed E-state index contributed by atoms with van der Waals surface area (Å²) < 4.78 is 5.18. The van der Waals surface area contributed by atoms with Crippen LogP contribution >= 0.6 is 11.3 Å². The minimum Gasteiger partial charge on any atom is -0.497 e. The number of ether oxygens (including phenoxy) is 1. The molecule has 0 aliphatic rings. The summed E-state index contributed by atoms with van der Waals surface area (Å²) >= 11 is 1.78. The van der Waals surface area contributed by atoms with E-state index in [2.05, 4.69) is 41.3 Å². The predicted molar refractivity (Wildman–Crippen MR) is 86.8 cm³/mol. The largest absolute Gasteiger partial charge is 0.497 e. The number of hydrogen-bond donors (Lipinski definition) is 1. The van der Waals surface area contributed by atoms with Crippen LogP contribution in [0.2, 0.25) is 0 Å². The van der Waals surface area contributed by atoms with Crippen molar-refractivity contribution < 1.29 is 4.74 Å². The van der Waals surface area contributed by atoms with Crippen LogP contribution in [0.5, 0.6) is 5.75 Å². The van der Waals surface area contributed by atoms with Gasteiger partial charge in [0.1, 0.15) is 5.75 Å². The first-order chi connectivity index (χ1) is 9.81. The average molecular weight is 289 g/mol. The van der Waals surface area contributed by atoms with E-state index in [1.807, 2.05) is 12.1 Å². The lowest BCUT2D eigenvalue weighted by Gasteiger charge is -2.15. The van der Waals surface area contributed by atoms with Gasteiger partial charge in [-0.05, 0) is 72.8 Å². The van der Waals surface area contributed by atoms with Crippen LogP contribution in [0, 0.1) is 0 Å². The fraction of sp³-hybridized carbons (Fsp3) is 0.412. The summed E-state index contributed by atoms with van der Waals surface area (Å²) in [4.78, 5) is 0. The molecule has 1 aromatic carbocycles. The zero-order valence-corrected chi connectivity index (χ0v) is 13.1. The predicted octanol–water partition coefficient (Wildman–Crippen LogP) is 3.91. The maximum atomic E-state index is 5.18. The minimum absolute atomic E-state index is 0.581. The number of benzene rings is 1. The molecule has 2 nitrogen and oxygen atoms in total. The lowest BCUT2D eigenvalue weighted by molar-refractivity contribution is 0.414. The van der Waals surface area contributed by atoms with Gasteiger partial charge in [0.25, 0.3) is 0 Å². The van der Waals surface area contributed by atoms with Crippen molar-refractivity contribution in [1.29, 1.82) is 0 Å². The highest BCUT2D eigenvalue weighted by atomic mass is 32.1. The lowest BCUT2D eigenvalue weighted by Crippen LogP contribution is -2.26. The number of methoxy groups -OCH3 is 1. The van der Waals surface area contributed by atoms with Crippen LogP contribution in [-0.4, -0.2) is 20.2 Å². The number of rotatable bonds is 8. The van der Waals surface area contributed by atoms with Crippen LogP contribution in [0.1, 0.15) is 24.0 Å². The van der Waals surface area contributed by atoms with Gasteiger partial charge < -0.3 is 10.1 Å². The normalized spacial score (nSPS) is 12.3. The van der Waals surface area contributed by atoms with Crippen molar-refractivity contribution in [3.05, 3.63) is 52.2 Å². The first-order valence-electron chi connectivity index (χ1n) is 7.13. The molecule has 1 unspecified atom stereocenters. The molecule has 0 fully saturated rings. The van der Waals surface area contributed by atoms with Gasteiger partial charge in [-0.3, -0.25) is 0 Å². The SMILES string of the molecule is CNC(CCc1ccc(OC)cc1)CCc1ccsc1. The number of hydrogen-bond acceptors (Lipinski definition) is 3. The third kappa shape index (κ3) is 4.66. The first-order valence-corrected chi connectivity index (χ1v) is 8.07. The fourth-order valence-corrected chi connectivity index (χ4v) is 3.05. The summed E-state index contributed by atoms with van der Waals surface area (Å²) in [7, 11) is 3.77. The molecule has 2 rings (SSSR count). The second kappa shape index (κ2) is 8.08. The summed E-state index contributed by atoms with van der Waals surface area (Å²) in [5, 5.41) is 7.84. The second-order valence-corrected chi connectivity index (χ2v) is 5.82. The summed E-state index contributed by atoms with van der Waals surface area (Å²) in [5.41, 5.74) is 2.83. The fourth-order valence-electron chi connectivity index (χ4n) is 2.34. The van der Waals surface area contributed by atoms with E-state index in [-0.39, 0.29) is 0 Å². The Kier molecular flexibility index (Phi) is 6.09. The van der Waals surface area contributed by atoms with Gasteiger partial charge in [0.05, 0.1) is 7.11 Å². The number of aryl methyl sites for hydroxylation is 2. The molecule has 1 aromatic heterocycles. The Morgan fingerprint density at radius 2 is 1.75 bits per heavy atom. The highest BCUT2D eigenvalue weighted by molar-refractivity contribution is 7.07. The lowest BCUT2D eigenvalue weighted by atomic mass is 10.0. The van der Waals surface area contributed by atoms with Crippen molar-refractivity contribution in [2.24, 2.45) is 0 Å². The van der Waals surface area contributed by atoms with Gasteiger partial charge in [-0.25, -0.2) is 0 Å². The summed E-state index contributed by atoms with van der Waals surface area (Å²) in [6, 6.07) is 11.2. The molecule has 0 aliphatic carbocycles. The molecule has 1 N–H and O–H groups in total. The summed E-state index contributed by atoms with van der Waals surface area (Å²) in [5.74, 6) is 0.927. The Bertz CT molecular complexity index is 478. The van der Waals surface area contributed by atoms with E-state index < -0.39 is 0 Å². The molecule has 2 aromatic rings. The molecule has 0 aliphatic heterocycles. The third-order valence-corrected chi connectivity index (χ3v) is 4.44. The molecule has 0 saturated carbocycles. The Morgan fingerprint density at radius 3 is 2.30 bits per heavy atom. The van der Waals surface area contributed by atoms with E-state index in [4.69, 9.17) is 4.74 Å². The second-order valence-electron chi connectivity index (χ2n) is 5.04. The zero-order chi connectivity index (χ0) is 14.2. The maximum Gasteiger partial charge on any atom is 0.118 e. The quantitative estimate of drug-likeness (QED) is 0.795. The molecule has 3 heteroatoms. The molecule has 0 bridgehead atoms. The van der Waals surface area contributed by atoms with E-state index in [1.54, 1.807) is 18.4 Å². The van der Waals surface area contributed by atoms with Crippen LogP contribution < -0.4 is 10.1 Å². The van der Waals surface area contributed by atoms with Crippen molar-refractivity contribution in [2.75, 3.05) is 14.2 Å². The average Bonchev–Trinajstić information content (AvgIpc) is 3.01. The number of nitrogens with one attached hydrogen (secondary N) is 1. The van der Waals surface area contributed by atoms with Crippen molar-refractivity contribution in [1.82, 2.24) is 5.32 Å². The van der Waals surface area contributed by atoms with E-state index in [0.717, 1.165) is 18.6 Å². The van der Waals surface area contributed by atoms with E-state index >= 15 is 0 Å². The highest BCUT2D eigenvalue weighted by Gasteiger charge is 2.07. The standard InChI is InChI=1S/C17H23NOS/c1-18-16(8-4-15-11-12-20-13-15)7-3-14-5-9-17(19-2)10-6-14/h5-6,9-13,16,18H,3-4,7-8H2,1-2H3. The van der Waals surface area contributed by atoms with Gasteiger partial charge in [0.15, 0.2) is 0 Å². The Labute approximate surface area is 125 Å². The van der Waals surface area contributed by atoms with Gasteiger partial charge in [0, 0.05) is 6.04 Å². The minimum atomic E-state index is 0.581. The molecule has 0 amide bonds. The summed E-state index contributed by atoms with van der Waals surface area (Å²) in [6.45, 7) is 0. The molecular formula is C17H23NOS. The molecule has 1 heterocycles. The topological polar surface area (TPSA) is 21.3 Å². The van der Waals surface area contributed by atoms with Crippen LogP contribution in [0.4, 0.5) is 0 Å². The maximum absolute atomic E-state index is 5.18. The summed E-state index contributed by atoms with van der Waals surface area (Å²) in [6.07, 6.45) is 4.65. The molecule has 0 spiro atoms. The van der Waals surface area contributed by atoms with Crippen LogP contribution in [-0.2, 0) is 12.8 Å². The van der Waals surface area contributed by atoms with Crippen LogP contribution in [0.25, 0.3) is 0 Å². The first kappa shape index (κ1) is 15.1. The van der Waals surface area contributed by atoms with Gasteiger partial charge in [-0.15, -0.1) is 0 Å². The smallest absolute Gasteiger partial charge is 0.118 e. The monoisotopic (exact) mass is 289 g/mol. The Morgan fingerprint density at radius 1 is 1.05 bits per heavy atom. The zero-order valence-electron chi connectivity index (χ0n) is 12.3. The Balaban J connectivity index is 1.77. The molecule has 1 atom stereocenters. The van der Waals surface area contributed by atoms with Crippen LogP contribution in [0.3, 0.4) is 0 Å². The molecule has 0 saturated heterocycles. The highest BCUT2D eigenvalue weighted by Crippen LogP contribution is 2.15. The van der Waals surface area contributed by atoms with Gasteiger partial charge >= 0.3 is 0 Å². The third-order valence-electron chi connectivity index (χ3n) is 3.71.